The lowest BCUT2D eigenvalue weighted by Gasteiger charge is -2.24. The zero-order valence-electron chi connectivity index (χ0n) is 10.0. The number of carboxylic acid groups (broad SMARTS) is 1. The number of rotatable bonds is 4. The van der Waals surface area contributed by atoms with Crippen LogP contribution in [0.25, 0.3) is 0 Å². The molecule has 8 heteroatoms. The van der Waals surface area contributed by atoms with Crippen molar-refractivity contribution in [2.75, 3.05) is 13.2 Å². The topological polar surface area (TPSA) is 103 Å². The quantitative estimate of drug-likeness (QED) is 0.758. The number of aromatic carboxylic acids is 1. The fraction of sp³-hybridized carbons (Fsp3) is 0.364. The predicted octanol–water partition coefficient (Wildman–Crippen LogP) is 0.254. The van der Waals surface area contributed by atoms with Crippen LogP contribution in [0.1, 0.15) is 10.4 Å². The molecule has 1 aliphatic heterocycles. The summed E-state index contributed by atoms with van der Waals surface area (Å²) in [4.78, 5) is 22.2. The summed E-state index contributed by atoms with van der Waals surface area (Å²) in [5.74, 6) is -0.900. The Morgan fingerprint density at radius 1 is 1.74 bits per heavy atom. The van der Waals surface area contributed by atoms with Crippen molar-refractivity contribution in [3.05, 3.63) is 24.4 Å². The fourth-order valence-corrected chi connectivity index (χ4v) is 1.67. The second-order valence-corrected chi connectivity index (χ2v) is 3.89. The van der Waals surface area contributed by atoms with Crippen LogP contribution < -0.4 is 10.1 Å². The number of amides is 1. The summed E-state index contributed by atoms with van der Waals surface area (Å²) in [5.41, 5.74) is 0.00711. The number of fused-ring (bicyclic) bond motifs is 1. The van der Waals surface area contributed by atoms with Crippen LogP contribution in [0.5, 0.6) is 5.88 Å². The number of hydrogen-bond acceptors (Lipinski definition) is 5. The Bertz CT molecular complexity index is 510. The normalized spacial score (nSPS) is 16.9. The number of ether oxygens (including phenoxy) is 2. The van der Waals surface area contributed by atoms with Crippen molar-refractivity contribution >= 4 is 12.1 Å². The van der Waals surface area contributed by atoms with E-state index >= 15 is 0 Å². The first-order chi connectivity index (χ1) is 9.11. The predicted molar refractivity (Wildman–Crippen MR) is 63.2 cm³/mol. The highest BCUT2D eigenvalue weighted by molar-refractivity contribution is 5.90. The summed E-state index contributed by atoms with van der Waals surface area (Å²) in [5, 5.41) is 15.4. The van der Waals surface area contributed by atoms with Crippen LogP contribution >= 0.6 is 0 Å². The van der Waals surface area contributed by atoms with E-state index in [4.69, 9.17) is 14.6 Å². The molecule has 1 unspecified atom stereocenters. The second-order valence-electron chi connectivity index (χ2n) is 3.89. The van der Waals surface area contributed by atoms with Gasteiger partial charge in [0.1, 0.15) is 18.8 Å². The summed E-state index contributed by atoms with van der Waals surface area (Å²) < 4.78 is 11.5. The van der Waals surface area contributed by atoms with Crippen LogP contribution in [0.15, 0.2) is 18.9 Å². The first-order valence-electron chi connectivity index (χ1n) is 5.58. The maximum Gasteiger partial charge on any atom is 0.407 e. The van der Waals surface area contributed by atoms with E-state index < -0.39 is 12.1 Å². The standard InChI is InChI=1S/C11H13N3O5/c1-2-3-18-11(17)13-7-5-14-9(19-6-7)8(4-12-14)10(15)16/h2,4,7H,1,3,5-6H2,(H,13,17)(H,15,16). The van der Waals surface area contributed by atoms with Gasteiger partial charge in [-0.2, -0.15) is 5.10 Å². The second kappa shape index (κ2) is 5.42. The molecule has 2 N–H and O–H groups in total. The zero-order chi connectivity index (χ0) is 13.8. The Balaban J connectivity index is 1.97. The Labute approximate surface area is 108 Å². The van der Waals surface area contributed by atoms with Crippen molar-refractivity contribution in [1.82, 2.24) is 15.1 Å². The van der Waals surface area contributed by atoms with Gasteiger partial charge in [-0.25, -0.2) is 14.3 Å². The molecular formula is C11H13N3O5. The molecule has 1 aliphatic rings. The van der Waals surface area contributed by atoms with Gasteiger partial charge in [-0.15, -0.1) is 0 Å². The largest absolute Gasteiger partial charge is 0.477 e. The molecule has 0 bridgehead atoms. The van der Waals surface area contributed by atoms with Gasteiger partial charge in [0.25, 0.3) is 0 Å². The average molecular weight is 267 g/mol. The van der Waals surface area contributed by atoms with Crippen molar-refractivity contribution in [2.45, 2.75) is 12.6 Å². The highest BCUT2D eigenvalue weighted by atomic mass is 16.5. The Morgan fingerprint density at radius 2 is 2.53 bits per heavy atom. The van der Waals surface area contributed by atoms with Gasteiger partial charge in [0.05, 0.1) is 18.8 Å². The summed E-state index contributed by atoms with van der Waals surface area (Å²) in [6, 6.07) is -0.327. The van der Waals surface area contributed by atoms with Crippen molar-refractivity contribution in [1.29, 1.82) is 0 Å². The van der Waals surface area contributed by atoms with Crippen LogP contribution in [0.3, 0.4) is 0 Å². The molecular weight excluding hydrogens is 254 g/mol. The van der Waals surface area contributed by atoms with Crippen molar-refractivity contribution < 1.29 is 24.2 Å². The average Bonchev–Trinajstić information content (AvgIpc) is 2.79. The van der Waals surface area contributed by atoms with E-state index in [0.717, 1.165) is 0 Å². The van der Waals surface area contributed by atoms with Crippen molar-refractivity contribution in [2.24, 2.45) is 0 Å². The van der Waals surface area contributed by atoms with E-state index in [9.17, 15) is 9.59 Å². The van der Waals surface area contributed by atoms with Gasteiger partial charge in [0.15, 0.2) is 0 Å². The minimum atomic E-state index is -1.10. The molecule has 0 saturated carbocycles. The molecule has 1 aromatic rings. The van der Waals surface area contributed by atoms with Gasteiger partial charge in [0, 0.05) is 0 Å². The zero-order valence-corrected chi connectivity index (χ0v) is 10.0. The lowest BCUT2D eigenvalue weighted by Crippen LogP contribution is -2.45. The molecule has 0 aromatic carbocycles. The Hall–Kier alpha value is -2.51. The lowest BCUT2D eigenvalue weighted by atomic mass is 10.2. The van der Waals surface area contributed by atoms with Gasteiger partial charge in [-0.05, 0) is 0 Å². The minimum Gasteiger partial charge on any atom is -0.477 e. The number of carbonyl (C=O) groups excluding carboxylic acids is 1. The van der Waals surface area contributed by atoms with E-state index in [0.29, 0.717) is 6.54 Å². The minimum absolute atomic E-state index is 0.00711. The molecule has 0 radical (unpaired) electrons. The van der Waals surface area contributed by atoms with Gasteiger partial charge in [0.2, 0.25) is 5.88 Å². The molecule has 19 heavy (non-hydrogen) atoms. The molecule has 0 spiro atoms. The monoisotopic (exact) mass is 267 g/mol. The Kier molecular flexibility index (Phi) is 3.69. The third kappa shape index (κ3) is 2.84. The first kappa shape index (κ1) is 12.9. The van der Waals surface area contributed by atoms with Crippen LogP contribution in [-0.2, 0) is 11.3 Å². The lowest BCUT2D eigenvalue weighted by molar-refractivity contribution is 0.0686. The van der Waals surface area contributed by atoms with Gasteiger partial charge in [-0.1, -0.05) is 12.7 Å². The van der Waals surface area contributed by atoms with Gasteiger partial charge < -0.3 is 19.9 Å². The van der Waals surface area contributed by atoms with E-state index in [1.54, 1.807) is 0 Å². The number of nitrogens with one attached hydrogen (secondary N) is 1. The highest BCUT2D eigenvalue weighted by Crippen LogP contribution is 2.22. The summed E-state index contributed by atoms with van der Waals surface area (Å²) in [7, 11) is 0. The highest BCUT2D eigenvalue weighted by Gasteiger charge is 2.27. The number of nitrogens with zero attached hydrogens (tertiary/aromatic N) is 2. The molecule has 1 amide bonds. The molecule has 2 heterocycles. The van der Waals surface area contributed by atoms with Crippen molar-refractivity contribution in [3.63, 3.8) is 0 Å². The van der Waals surface area contributed by atoms with Crippen molar-refractivity contribution in [3.8, 4) is 5.88 Å². The van der Waals surface area contributed by atoms with Gasteiger partial charge in [-0.3, -0.25) is 0 Å². The third-order valence-electron chi connectivity index (χ3n) is 2.49. The van der Waals surface area contributed by atoms with Gasteiger partial charge >= 0.3 is 12.1 Å². The molecule has 2 rings (SSSR count). The molecule has 1 atom stereocenters. The van der Waals surface area contributed by atoms with E-state index in [1.165, 1.54) is 17.0 Å². The molecule has 0 aliphatic carbocycles. The summed E-state index contributed by atoms with van der Waals surface area (Å²) in [6.45, 7) is 4.04. The SMILES string of the molecule is C=CCOC(=O)NC1COc2c(C(=O)O)cnn2C1. The third-order valence-corrected chi connectivity index (χ3v) is 2.49. The number of carboxylic acids is 1. The summed E-state index contributed by atoms with van der Waals surface area (Å²) in [6.07, 6.45) is 2.10. The summed E-state index contributed by atoms with van der Waals surface area (Å²) >= 11 is 0. The van der Waals surface area contributed by atoms with Crippen LogP contribution in [0.4, 0.5) is 4.79 Å². The number of alkyl carbamates (subject to hydrolysis) is 1. The molecule has 1 aromatic heterocycles. The molecule has 102 valence electrons. The van der Waals surface area contributed by atoms with Crippen LogP contribution in [-0.4, -0.2) is 46.2 Å². The Morgan fingerprint density at radius 3 is 3.21 bits per heavy atom. The maximum absolute atomic E-state index is 11.3. The maximum atomic E-state index is 11.3. The van der Waals surface area contributed by atoms with E-state index in [1.807, 2.05) is 0 Å². The molecule has 8 nitrogen and oxygen atoms in total. The van der Waals surface area contributed by atoms with Crippen LogP contribution in [0, 0.1) is 0 Å². The van der Waals surface area contributed by atoms with E-state index in [2.05, 4.69) is 17.0 Å². The molecule has 0 saturated heterocycles. The number of hydrogen-bond donors (Lipinski definition) is 2. The smallest absolute Gasteiger partial charge is 0.407 e. The first-order valence-corrected chi connectivity index (χ1v) is 5.58. The number of carbonyl (C=O) groups is 2. The van der Waals surface area contributed by atoms with E-state index in [-0.39, 0.29) is 30.7 Å². The van der Waals surface area contributed by atoms with Crippen LogP contribution in [0.2, 0.25) is 0 Å². The molecule has 0 fully saturated rings. The fourth-order valence-electron chi connectivity index (χ4n) is 1.67. The number of aromatic nitrogens is 2.